The summed E-state index contributed by atoms with van der Waals surface area (Å²) in [5.74, 6) is 0.666. The van der Waals surface area contributed by atoms with Crippen LogP contribution in [-0.2, 0) is 0 Å². The Morgan fingerprint density at radius 2 is 1.91 bits per heavy atom. The van der Waals surface area contributed by atoms with E-state index in [9.17, 15) is 10.1 Å². The van der Waals surface area contributed by atoms with Crippen molar-refractivity contribution in [1.29, 1.82) is 5.26 Å². The zero-order valence-electron chi connectivity index (χ0n) is 17.0. The van der Waals surface area contributed by atoms with Gasteiger partial charge in [0, 0.05) is 16.3 Å². The van der Waals surface area contributed by atoms with E-state index < -0.39 is 5.63 Å². The van der Waals surface area contributed by atoms with Crippen LogP contribution in [0.1, 0.15) is 10.6 Å². The molecule has 5 aromatic rings. The molecular weight excluding hydrogens is 420 g/mol. The Bertz CT molecular complexity index is 1610. The second kappa shape index (κ2) is 8.14. The van der Waals surface area contributed by atoms with Crippen molar-refractivity contribution in [2.24, 2.45) is 0 Å². The van der Waals surface area contributed by atoms with Crippen LogP contribution < -0.4 is 10.4 Å². The van der Waals surface area contributed by atoms with Gasteiger partial charge >= 0.3 is 5.63 Å². The van der Waals surface area contributed by atoms with Crippen molar-refractivity contribution >= 4 is 44.7 Å². The van der Waals surface area contributed by atoms with E-state index in [-0.39, 0.29) is 0 Å². The quantitative estimate of drug-likeness (QED) is 0.192. The Kier molecular flexibility index (Phi) is 5.02. The number of rotatable bonds is 4. The molecule has 2 heterocycles. The van der Waals surface area contributed by atoms with Gasteiger partial charge in [-0.1, -0.05) is 48.5 Å². The normalized spacial score (nSPS) is 11.6. The summed E-state index contributed by atoms with van der Waals surface area (Å²) < 4.78 is 11.0. The van der Waals surface area contributed by atoms with E-state index in [1.165, 1.54) is 11.3 Å². The molecule has 3 aromatic carbocycles. The molecule has 0 aliphatic rings. The SMILES string of the molecule is COc1ccccc1/C=C(\C#N)c1nc(-c2cc3c(ccc4ccccc43)oc2=O)cs1. The van der Waals surface area contributed by atoms with Gasteiger partial charge in [-0.15, -0.1) is 11.3 Å². The van der Waals surface area contributed by atoms with Gasteiger partial charge in [-0.25, -0.2) is 9.78 Å². The number of hydrogen-bond acceptors (Lipinski definition) is 6. The van der Waals surface area contributed by atoms with Crippen LogP contribution in [0, 0.1) is 11.3 Å². The maximum atomic E-state index is 12.7. The van der Waals surface area contributed by atoms with Gasteiger partial charge in [0.1, 0.15) is 22.4 Å². The van der Waals surface area contributed by atoms with E-state index in [0.29, 0.717) is 33.2 Å². The minimum absolute atomic E-state index is 0.367. The van der Waals surface area contributed by atoms with Crippen molar-refractivity contribution in [2.45, 2.75) is 0 Å². The molecule has 0 N–H and O–H groups in total. The van der Waals surface area contributed by atoms with Gasteiger partial charge in [-0.2, -0.15) is 5.26 Å². The third-order valence-corrected chi connectivity index (χ3v) is 6.09. The van der Waals surface area contributed by atoms with Gasteiger partial charge in [0.15, 0.2) is 0 Å². The number of ether oxygens (including phenoxy) is 1. The van der Waals surface area contributed by atoms with Gasteiger partial charge in [-0.3, -0.25) is 0 Å². The largest absolute Gasteiger partial charge is 0.496 e. The first-order chi connectivity index (χ1) is 15.7. The maximum absolute atomic E-state index is 12.7. The summed E-state index contributed by atoms with van der Waals surface area (Å²) in [7, 11) is 1.59. The van der Waals surface area contributed by atoms with Gasteiger partial charge in [-0.05, 0) is 35.0 Å². The molecule has 0 spiro atoms. The van der Waals surface area contributed by atoms with Gasteiger partial charge in [0.05, 0.1) is 23.9 Å². The number of para-hydroxylation sites is 1. The number of fused-ring (bicyclic) bond motifs is 3. The zero-order chi connectivity index (χ0) is 22.1. The molecule has 6 heteroatoms. The summed E-state index contributed by atoms with van der Waals surface area (Å²) in [5.41, 5.74) is 2.08. The third-order valence-electron chi connectivity index (χ3n) is 5.21. The molecule has 5 rings (SSSR count). The minimum Gasteiger partial charge on any atom is -0.496 e. The molecule has 0 unspecified atom stereocenters. The summed E-state index contributed by atoms with van der Waals surface area (Å²) in [4.78, 5) is 17.3. The molecule has 0 fully saturated rings. The first-order valence-electron chi connectivity index (χ1n) is 9.84. The van der Waals surface area contributed by atoms with Crippen molar-refractivity contribution < 1.29 is 9.15 Å². The van der Waals surface area contributed by atoms with Crippen LogP contribution in [0.3, 0.4) is 0 Å². The Morgan fingerprint density at radius 1 is 1.09 bits per heavy atom. The fourth-order valence-electron chi connectivity index (χ4n) is 3.65. The third kappa shape index (κ3) is 3.45. The second-order valence-corrected chi connectivity index (χ2v) is 7.95. The summed E-state index contributed by atoms with van der Waals surface area (Å²) in [6.07, 6.45) is 1.73. The summed E-state index contributed by atoms with van der Waals surface area (Å²) in [5, 5.41) is 14.9. The first kappa shape index (κ1) is 19.7. The van der Waals surface area contributed by atoms with Crippen molar-refractivity contribution in [3.63, 3.8) is 0 Å². The van der Waals surface area contributed by atoms with E-state index in [1.807, 2.05) is 60.7 Å². The maximum Gasteiger partial charge on any atom is 0.345 e. The second-order valence-electron chi connectivity index (χ2n) is 7.10. The predicted molar refractivity (Wildman–Crippen MR) is 128 cm³/mol. The Hall–Kier alpha value is -4.21. The number of aromatic nitrogens is 1. The van der Waals surface area contributed by atoms with Crippen LogP contribution in [0.4, 0.5) is 0 Å². The number of nitrogens with zero attached hydrogens (tertiary/aromatic N) is 2. The lowest BCUT2D eigenvalue weighted by molar-refractivity contribution is 0.414. The topological polar surface area (TPSA) is 76.1 Å². The van der Waals surface area contributed by atoms with E-state index in [4.69, 9.17) is 9.15 Å². The van der Waals surface area contributed by atoms with Crippen molar-refractivity contribution in [2.75, 3.05) is 7.11 Å². The summed E-state index contributed by atoms with van der Waals surface area (Å²) in [6.45, 7) is 0. The molecule has 0 amide bonds. The average Bonchev–Trinajstić information content (AvgIpc) is 3.32. The van der Waals surface area contributed by atoms with Gasteiger partial charge in [0.25, 0.3) is 0 Å². The first-order valence-corrected chi connectivity index (χ1v) is 10.7. The van der Waals surface area contributed by atoms with Crippen molar-refractivity contribution in [3.8, 4) is 23.1 Å². The molecule has 32 heavy (non-hydrogen) atoms. The molecule has 0 saturated heterocycles. The highest BCUT2D eigenvalue weighted by molar-refractivity contribution is 7.11. The number of methoxy groups -OCH3 is 1. The monoisotopic (exact) mass is 436 g/mol. The van der Waals surface area contributed by atoms with Crippen LogP contribution in [0.25, 0.3) is 44.6 Å². The number of benzene rings is 3. The Labute approximate surface area is 187 Å². The zero-order valence-corrected chi connectivity index (χ0v) is 17.8. The Balaban J connectivity index is 1.62. The number of allylic oxidation sites excluding steroid dienone is 1. The van der Waals surface area contributed by atoms with E-state index in [0.717, 1.165) is 21.7 Å². The molecule has 0 aliphatic carbocycles. The molecule has 0 atom stereocenters. The highest BCUT2D eigenvalue weighted by atomic mass is 32.1. The van der Waals surface area contributed by atoms with Crippen LogP contribution in [-0.4, -0.2) is 12.1 Å². The average molecular weight is 436 g/mol. The van der Waals surface area contributed by atoms with Crippen molar-refractivity contribution in [1.82, 2.24) is 4.98 Å². The summed E-state index contributed by atoms with van der Waals surface area (Å²) in [6, 6.07) is 23.1. The molecule has 0 aliphatic heterocycles. The van der Waals surface area contributed by atoms with Crippen molar-refractivity contribution in [3.05, 3.63) is 93.1 Å². The van der Waals surface area contributed by atoms with Gasteiger partial charge < -0.3 is 9.15 Å². The molecule has 0 radical (unpaired) electrons. The number of hydrogen-bond donors (Lipinski definition) is 0. The molecule has 154 valence electrons. The predicted octanol–water partition coefficient (Wildman–Crippen LogP) is 6.14. The van der Waals surface area contributed by atoms with Crippen LogP contribution in [0.15, 0.2) is 81.3 Å². The van der Waals surface area contributed by atoms with Crippen LogP contribution in [0.5, 0.6) is 5.75 Å². The van der Waals surface area contributed by atoms with E-state index >= 15 is 0 Å². The van der Waals surface area contributed by atoms with Crippen LogP contribution >= 0.6 is 11.3 Å². The highest BCUT2D eigenvalue weighted by Gasteiger charge is 2.15. The standard InChI is InChI=1S/C26H16N2O3S/c1-30-23-9-5-3-7-17(23)12-18(14-27)25-28-22(15-32-25)21-13-20-19-8-4-2-6-16(19)10-11-24(20)31-26(21)29/h2-13,15H,1H3/b18-12+. The van der Waals surface area contributed by atoms with E-state index in [2.05, 4.69) is 11.1 Å². The highest BCUT2D eigenvalue weighted by Crippen LogP contribution is 2.31. The van der Waals surface area contributed by atoms with Crippen LogP contribution in [0.2, 0.25) is 0 Å². The molecule has 5 nitrogen and oxygen atoms in total. The molecule has 0 bridgehead atoms. The lowest BCUT2D eigenvalue weighted by atomic mass is 10.0. The smallest absolute Gasteiger partial charge is 0.345 e. The van der Waals surface area contributed by atoms with E-state index in [1.54, 1.807) is 24.6 Å². The molecule has 2 aromatic heterocycles. The lowest BCUT2D eigenvalue weighted by Crippen LogP contribution is -2.03. The number of nitriles is 1. The molecular formula is C26H16N2O3S. The number of thiazole rings is 1. The fourth-order valence-corrected chi connectivity index (χ4v) is 4.44. The lowest BCUT2D eigenvalue weighted by Gasteiger charge is -2.04. The minimum atomic E-state index is -0.461. The Morgan fingerprint density at radius 3 is 2.75 bits per heavy atom. The summed E-state index contributed by atoms with van der Waals surface area (Å²) >= 11 is 1.30. The molecule has 0 saturated carbocycles. The van der Waals surface area contributed by atoms with Gasteiger partial charge in [0.2, 0.25) is 0 Å². The fraction of sp³-hybridized carbons (Fsp3) is 0.0385.